The van der Waals surface area contributed by atoms with Gasteiger partial charge in [-0.3, -0.25) is 4.79 Å². The van der Waals surface area contributed by atoms with E-state index in [1.165, 1.54) is 4.88 Å². The molecule has 1 fully saturated rings. The summed E-state index contributed by atoms with van der Waals surface area (Å²) in [4.78, 5) is 15.8. The Bertz CT molecular complexity index is 788. The predicted molar refractivity (Wildman–Crippen MR) is 94.0 cm³/mol. The van der Waals surface area contributed by atoms with Gasteiger partial charge in [0.1, 0.15) is 0 Å². The van der Waals surface area contributed by atoms with E-state index in [1.807, 2.05) is 46.1 Å². The molecule has 0 spiro atoms. The second-order valence-corrected chi connectivity index (χ2v) is 6.91. The second kappa shape index (κ2) is 6.57. The summed E-state index contributed by atoms with van der Waals surface area (Å²) in [5.41, 5.74) is 1.92. The normalized spacial score (nSPS) is 15.6. The van der Waals surface area contributed by atoms with Crippen molar-refractivity contribution < 1.29 is 4.79 Å². The maximum absolute atomic E-state index is 12.7. The summed E-state index contributed by atoms with van der Waals surface area (Å²) >= 11 is 1.71. The van der Waals surface area contributed by atoms with E-state index in [9.17, 15) is 4.79 Å². The summed E-state index contributed by atoms with van der Waals surface area (Å²) in [7, 11) is 0. The lowest BCUT2D eigenvalue weighted by atomic mass is 10.0. The minimum Gasteiger partial charge on any atom is -0.338 e. The van der Waals surface area contributed by atoms with Crippen LogP contribution in [0.2, 0.25) is 0 Å². The highest BCUT2D eigenvalue weighted by Crippen LogP contribution is 2.26. The number of nitrogens with zero attached hydrogens (tertiary/aromatic N) is 4. The van der Waals surface area contributed by atoms with Crippen LogP contribution in [-0.4, -0.2) is 38.9 Å². The summed E-state index contributed by atoms with van der Waals surface area (Å²) in [5, 5.41) is 9.99. The molecule has 0 N–H and O–H groups in total. The molecule has 24 heavy (non-hydrogen) atoms. The van der Waals surface area contributed by atoms with Gasteiger partial charge < -0.3 is 4.90 Å². The highest BCUT2D eigenvalue weighted by molar-refractivity contribution is 7.13. The number of hydrogen-bond donors (Lipinski definition) is 0. The van der Waals surface area contributed by atoms with E-state index in [0.29, 0.717) is 6.04 Å². The van der Waals surface area contributed by atoms with Crippen LogP contribution in [0.3, 0.4) is 0 Å². The number of hydrogen-bond acceptors (Lipinski definition) is 4. The van der Waals surface area contributed by atoms with E-state index in [2.05, 4.69) is 21.8 Å². The van der Waals surface area contributed by atoms with E-state index in [-0.39, 0.29) is 5.91 Å². The Morgan fingerprint density at radius 1 is 1.12 bits per heavy atom. The van der Waals surface area contributed by atoms with Crippen LogP contribution >= 0.6 is 11.3 Å². The lowest BCUT2D eigenvalue weighted by Gasteiger charge is -2.31. The van der Waals surface area contributed by atoms with E-state index >= 15 is 0 Å². The Morgan fingerprint density at radius 3 is 2.54 bits per heavy atom. The lowest BCUT2D eigenvalue weighted by molar-refractivity contribution is 0.0689. The van der Waals surface area contributed by atoms with Crippen molar-refractivity contribution in [2.75, 3.05) is 13.1 Å². The lowest BCUT2D eigenvalue weighted by Crippen LogP contribution is -2.39. The molecular weight excluding hydrogens is 320 g/mol. The zero-order chi connectivity index (χ0) is 16.4. The number of rotatable bonds is 3. The third-order valence-electron chi connectivity index (χ3n) is 4.50. The molecule has 1 amide bonds. The number of aromatic nitrogens is 3. The molecule has 122 valence electrons. The van der Waals surface area contributed by atoms with Crippen LogP contribution in [0.15, 0.2) is 54.2 Å². The van der Waals surface area contributed by atoms with Crippen LogP contribution in [0.25, 0.3) is 10.4 Å². The van der Waals surface area contributed by atoms with Gasteiger partial charge in [-0.15, -0.1) is 16.4 Å². The number of amides is 1. The van der Waals surface area contributed by atoms with Crippen molar-refractivity contribution in [1.29, 1.82) is 0 Å². The van der Waals surface area contributed by atoms with Crippen molar-refractivity contribution in [2.45, 2.75) is 18.9 Å². The molecule has 1 saturated heterocycles. The Morgan fingerprint density at radius 2 is 1.92 bits per heavy atom. The third kappa shape index (κ3) is 2.97. The van der Waals surface area contributed by atoms with E-state index in [0.717, 1.165) is 37.1 Å². The quantitative estimate of drug-likeness (QED) is 0.734. The van der Waals surface area contributed by atoms with Gasteiger partial charge in [0.15, 0.2) is 0 Å². The fraction of sp³-hybridized carbons (Fsp3) is 0.278. The molecule has 4 rings (SSSR count). The van der Waals surface area contributed by atoms with Gasteiger partial charge in [-0.05, 0) is 42.0 Å². The van der Waals surface area contributed by atoms with Crippen LogP contribution in [0.1, 0.15) is 29.2 Å². The fourth-order valence-corrected chi connectivity index (χ4v) is 3.88. The first-order valence-electron chi connectivity index (χ1n) is 8.10. The van der Waals surface area contributed by atoms with Crippen molar-refractivity contribution in [3.8, 4) is 10.4 Å². The molecule has 1 aromatic carbocycles. The molecule has 6 heteroatoms. The molecule has 0 unspecified atom stereocenters. The first-order valence-corrected chi connectivity index (χ1v) is 8.98. The molecule has 0 aliphatic carbocycles. The summed E-state index contributed by atoms with van der Waals surface area (Å²) in [6.45, 7) is 1.52. The van der Waals surface area contributed by atoms with Crippen molar-refractivity contribution in [3.63, 3.8) is 0 Å². The molecule has 1 aliphatic rings. The maximum atomic E-state index is 12.7. The van der Waals surface area contributed by atoms with E-state index < -0.39 is 0 Å². The highest BCUT2D eigenvalue weighted by Gasteiger charge is 2.24. The van der Waals surface area contributed by atoms with E-state index in [1.54, 1.807) is 17.5 Å². The zero-order valence-electron chi connectivity index (χ0n) is 13.2. The van der Waals surface area contributed by atoms with Crippen molar-refractivity contribution in [2.24, 2.45) is 0 Å². The molecule has 3 heterocycles. The predicted octanol–water partition coefficient (Wildman–Crippen LogP) is 3.48. The monoisotopic (exact) mass is 338 g/mol. The number of piperidine rings is 1. The Kier molecular flexibility index (Phi) is 4.13. The first kappa shape index (κ1) is 15.1. The van der Waals surface area contributed by atoms with Gasteiger partial charge in [0.2, 0.25) is 0 Å². The largest absolute Gasteiger partial charge is 0.338 e. The maximum Gasteiger partial charge on any atom is 0.253 e. The smallest absolute Gasteiger partial charge is 0.253 e. The highest BCUT2D eigenvalue weighted by atomic mass is 32.1. The van der Waals surface area contributed by atoms with Gasteiger partial charge in [0.05, 0.1) is 12.2 Å². The topological polar surface area (TPSA) is 51.0 Å². The minimum atomic E-state index is 0.116. The van der Waals surface area contributed by atoms with Crippen molar-refractivity contribution >= 4 is 17.2 Å². The Balaban J connectivity index is 1.41. The van der Waals surface area contributed by atoms with Gasteiger partial charge >= 0.3 is 0 Å². The SMILES string of the molecule is O=C(c1ccc(-c2cccs2)cc1)N1CCC(n2ccnn2)CC1. The van der Waals surface area contributed by atoms with Crippen LogP contribution in [-0.2, 0) is 0 Å². The minimum absolute atomic E-state index is 0.116. The van der Waals surface area contributed by atoms with Crippen LogP contribution in [0, 0.1) is 0 Å². The van der Waals surface area contributed by atoms with Crippen LogP contribution < -0.4 is 0 Å². The number of likely N-dealkylation sites (tertiary alicyclic amines) is 1. The number of thiophene rings is 1. The molecule has 5 nitrogen and oxygen atoms in total. The van der Waals surface area contributed by atoms with E-state index in [4.69, 9.17) is 0 Å². The van der Waals surface area contributed by atoms with Crippen molar-refractivity contribution in [1.82, 2.24) is 19.9 Å². The molecule has 0 saturated carbocycles. The van der Waals surface area contributed by atoms with Crippen LogP contribution in [0.5, 0.6) is 0 Å². The average molecular weight is 338 g/mol. The van der Waals surface area contributed by atoms with Gasteiger partial charge in [-0.1, -0.05) is 23.4 Å². The first-order chi connectivity index (χ1) is 11.8. The summed E-state index contributed by atoms with van der Waals surface area (Å²) < 4.78 is 1.90. The molecule has 0 bridgehead atoms. The van der Waals surface area contributed by atoms with Gasteiger partial charge in [-0.25, -0.2) is 4.68 Å². The summed E-state index contributed by atoms with van der Waals surface area (Å²) in [6, 6.07) is 12.4. The van der Waals surface area contributed by atoms with Crippen molar-refractivity contribution in [3.05, 3.63) is 59.7 Å². The zero-order valence-corrected chi connectivity index (χ0v) is 14.0. The Labute approximate surface area is 144 Å². The molecule has 3 aromatic rings. The molecule has 0 radical (unpaired) electrons. The summed E-state index contributed by atoms with van der Waals surface area (Å²) in [6.07, 6.45) is 5.43. The van der Waals surface area contributed by atoms with Gasteiger partial charge in [-0.2, -0.15) is 0 Å². The molecule has 1 aliphatic heterocycles. The van der Waals surface area contributed by atoms with Crippen LogP contribution in [0.4, 0.5) is 0 Å². The molecule has 2 aromatic heterocycles. The summed E-state index contributed by atoms with van der Waals surface area (Å²) in [5.74, 6) is 0.116. The fourth-order valence-electron chi connectivity index (χ4n) is 3.15. The van der Waals surface area contributed by atoms with Gasteiger partial charge in [0.25, 0.3) is 5.91 Å². The molecule has 0 atom stereocenters. The van der Waals surface area contributed by atoms with Gasteiger partial charge in [0, 0.05) is 29.7 Å². The number of carbonyl (C=O) groups excluding carboxylic acids is 1. The Hall–Kier alpha value is -2.47. The second-order valence-electron chi connectivity index (χ2n) is 5.96. The molecular formula is C18H18N4OS. The standard InChI is InChI=1S/C18H18N4OS/c23-18(15-5-3-14(4-6-15)17-2-1-13-24-17)21-10-7-16(8-11-21)22-12-9-19-20-22/h1-6,9,12-13,16H,7-8,10-11H2. The number of carbonyl (C=O) groups is 1. The third-order valence-corrected chi connectivity index (χ3v) is 5.42. The average Bonchev–Trinajstić information content (AvgIpc) is 3.35. The number of benzene rings is 1.